The van der Waals surface area contributed by atoms with E-state index in [0.29, 0.717) is 45.2 Å². The van der Waals surface area contributed by atoms with E-state index in [9.17, 15) is 14.4 Å². The third kappa shape index (κ3) is 8.16. The summed E-state index contributed by atoms with van der Waals surface area (Å²) in [6.07, 6.45) is 8.73. The molecule has 0 aliphatic carbocycles. The maximum Gasteiger partial charge on any atom is 0.302 e. The van der Waals surface area contributed by atoms with Crippen LogP contribution in [-0.4, -0.2) is 89.4 Å². The summed E-state index contributed by atoms with van der Waals surface area (Å²) in [5.74, 6) is -0.992. The van der Waals surface area contributed by atoms with Crippen LogP contribution in [0.3, 0.4) is 0 Å². The van der Waals surface area contributed by atoms with Gasteiger partial charge in [-0.3, -0.25) is 19.3 Å². The van der Waals surface area contributed by atoms with Gasteiger partial charge in [-0.1, -0.05) is 42.5 Å². The largest absolute Gasteiger partial charge is 0.464 e. The van der Waals surface area contributed by atoms with Gasteiger partial charge < -0.3 is 14.4 Å². The maximum atomic E-state index is 12.9. The Labute approximate surface area is 228 Å². The highest BCUT2D eigenvalue weighted by Gasteiger charge is 2.28. The van der Waals surface area contributed by atoms with Crippen molar-refractivity contribution in [1.82, 2.24) is 19.9 Å². The molecule has 2 aromatic rings. The molecule has 0 N–H and O–H groups in total. The molecule has 11 heteroatoms. The van der Waals surface area contributed by atoms with Gasteiger partial charge in [0.25, 0.3) is 11.8 Å². The van der Waals surface area contributed by atoms with E-state index in [1.165, 1.54) is 26.2 Å². The van der Waals surface area contributed by atoms with Crippen LogP contribution in [0.4, 0.5) is 5.95 Å². The third-order valence-corrected chi connectivity index (χ3v) is 6.55. The number of ether oxygens (including phenoxy) is 2. The summed E-state index contributed by atoms with van der Waals surface area (Å²) in [7, 11) is 0. The number of anilines is 1. The molecule has 4 rings (SSSR count). The summed E-state index contributed by atoms with van der Waals surface area (Å²) in [6.45, 7) is 6.21. The number of hydrogen-bond acceptors (Lipinski definition) is 10. The van der Waals surface area contributed by atoms with Gasteiger partial charge in [0.05, 0.1) is 11.6 Å². The molecule has 2 aliphatic rings. The topological polar surface area (TPSA) is 114 Å². The molecular weight excluding hydrogens is 502 g/mol. The zero-order valence-electron chi connectivity index (χ0n) is 22.4. The van der Waals surface area contributed by atoms with E-state index in [0.717, 1.165) is 23.5 Å². The second-order valence-corrected chi connectivity index (χ2v) is 9.45. The van der Waals surface area contributed by atoms with E-state index in [4.69, 9.17) is 14.3 Å². The molecule has 0 saturated carbocycles. The fraction of sp³-hybridized carbons (Fsp3) is 0.464. The minimum Gasteiger partial charge on any atom is -0.464 e. The Balaban J connectivity index is 1.35. The Hall–Kier alpha value is -3.67. The fourth-order valence-corrected chi connectivity index (χ4v) is 4.41. The van der Waals surface area contributed by atoms with Crippen molar-refractivity contribution in [3.05, 3.63) is 59.9 Å². The molecule has 1 aromatic carbocycles. The van der Waals surface area contributed by atoms with Crippen molar-refractivity contribution < 1.29 is 28.7 Å². The molecule has 0 bridgehead atoms. The molecule has 208 valence electrons. The number of hydroxylamine groups is 2. The van der Waals surface area contributed by atoms with E-state index >= 15 is 0 Å². The number of amides is 2. The Morgan fingerprint density at radius 1 is 1.08 bits per heavy atom. The Morgan fingerprint density at radius 3 is 2.41 bits per heavy atom. The predicted octanol–water partition coefficient (Wildman–Crippen LogP) is 2.69. The molecule has 1 aromatic heterocycles. The highest BCUT2D eigenvalue weighted by atomic mass is 16.8. The van der Waals surface area contributed by atoms with Crippen molar-refractivity contribution in [2.45, 2.75) is 45.4 Å². The maximum absolute atomic E-state index is 12.9. The molecule has 2 aliphatic heterocycles. The van der Waals surface area contributed by atoms with E-state index in [-0.39, 0.29) is 24.2 Å². The standard InChI is InChI=1S/C28H35N5O6/c1-21(34)33(39-26-10-6-7-17-37-26)27(36)24-18-29-28(30-19-24)32-15-13-31(14-16-32)25(20-38-22(2)35)12-11-23-8-4-3-5-9-23/h3-5,8-9,11-12,18-19,25-26H,6-7,10,13-17,20H2,1-2H3/b12-11+. The quantitative estimate of drug-likeness (QED) is 0.349. The zero-order chi connectivity index (χ0) is 27.6. The molecule has 39 heavy (non-hydrogen) atoms. The number of carbonyl (C=O) groups excluding carboxylic acids is 3. The second kappa shape index (κ2) is 13.9. The van der Waals surface area contributed by atoms with E-state index in [1.54, 1.807) is 0 Å². The Kier molecular flexibility index (Phi) is 10.1. The summed E-state index contributed by atoms with van der Waals surface area (Å²) in [5.41, 5.74) is 1.22. The second-order valence-electron chi connectivity index (χ2n) is 9.45. The summed E-state index contributed by atoms with van der Waals surface area (Å²) in [4.78, 5) is 55.0. The lowest BCUT2D eigenvalue weighted by molar-refractivity contribution is -0.259. The minimum atomic E-state index is -0.633. The molecule has 0 radical (unpaired) electrons. The van der Waals surface area contributed by atoms with Crippen LogP contribution in [0.2, 0.25) is 0 Å². The summed E-state index contributed by atoms with van der Waals surface area (Å²) in [5, 5.41) is 0.722. The van der Waals surface area contributed by atoms with Crippen LogP contribution in [0.5, 0.6) is 0 Å². The minimum absolute atomic E-state index is 0.0668. The molecule has 11 nitrogen and oxygen atoms in total. The van der Waals surface area contributed by atoms with Crippen LogP contribution in [0.25, 0.3) is 6.08 Å². The van der Waals surface area contributed by atoms with E-state index < -0.39 is 18.1 Å². The van der Waals surface area contributed by atoms with Crippen LogP contribution in [0.15, 0.2) is 48.8 Å². The Morgan fingerprint density at radius 2 is 1.79 bits per heavy atom. The smallest absolute Gasteiger partial charge is 0.302 e. The number of aromatic nitrogens is 2. The lowest BCUT2D eigenvalue weighted by atomic mass is 10.1. The van der Waals surface area contributed by atoms with Crippen LogP contribution < -0.4 is 4.90 Å². The molecule has 2 atom stereocenters. The highest BCUT2D eigenvalue weighted by Crippen LogP contribution is 2.18. The summed E-state index contributed by atoms with van der Waals surface area (Å²) >= 11 is 0. The molecule has 0 spiro atoms. The number of carbonyl (C=O) groups is 3. The number of nitrogens with zero attached hydrogens (tertiary/aromatic N) is 5. The van der Waals surface area contributed by atoms with Crippen LogP contribution in [0.1, 0.15) is 49.0 Å². The number of piperazine rings is 1. The normalized spacial score (nSPS) is 19.0. The number of esters is 1. The van der Waals surface area contributed by atoms with Gasteiger partial charge >= 0.3 is 5.97 Å². The van der Waals surface area contributed by atoms with Crippen LogP contribution in [0, 0.1) is 0 Å². The zero-order valence-corrected chi connectivity index (χ0v) is 22.4. The summed E-state index contributed by atoms with van der Waals surface area (Å²) < 4.78 is 10.8. The first kappa shape index (κ1) is 28.3. The molecule has 3 heterocycles. The molecule has 2 amide bonds. The number of benzene rings is 1. The van der Waals surface area contributed by atoms with Crippen LogP contribution in [-0.2, 0) is 23.9 Å². The molecule has 2 fully saturated rings. The summed E-state index contributed by atoms with van der Waals surface area (Å²) in [6, 6.07) is 9.91. The molecular formula is C28H35N5O6. The van der Waals surface area contributed by atoms with Crippen molar-refractivity contribution in [2.75, 3.05) is 44.3 Å². The first-order chi connectivity index (χ1) is 18.9. The third-order valence-electron chi connectivity index (χ3n) is 6.55. The number of hydrogen-bond donors (Lipinski definition) is 0. The van der Waals surface area contributed by atoms with Gasteiger partial charge in [0.2, 0.25) is 5.95 Å². The van der Waals surface area contributed by atoms with Gasteiger partial charge in [-0.15, -0.1) is 5.06 Å². The van der Waals surface area contributed by atoms with Gasteiger partial charge in [0.1, 0.15) is 6.61 Å². The van der Waals surface area contributed by atoms with Crippen molar-refractivity contribution in [2.24, 2.45) is 0 Å². The highest BCUT2D eigenvalue weighted by molar-refractivity contribution is 6.02. The average Bonchev–Trinajstić information content (AvgIpc) is 2.97. The van der Waals surface area contributed by atoms with Crippen molar-refractivity contribution in [3.63, 3.8) is 0 Å². The lowest BCUT2D eigenvalue weighted by Crippen LogP contribution is -2.51. The first-order valence-corrected chi connectivity index (χ1v) is 13.2. The van der Waals surface area contributed by atoms with E-state index in [2.05, 4.69) is 20.9 Å². The number of imide groups is 1. The van der Waals surface area contributed by atoms with Gasteiger partial charge in [0.15, 0.2) is 6.29 Å². The van der Waals surface area contributed by atoms with Crippen molar-refractivity contribution >= 4 is 29.8 Å². The monoisotopic (exact) mass is 537 g/mol. The van der Waals surface area contributed by atoms with Gasteiger partial charge in [-0.25, -0.2) is 14.8 Å². The fourth-order valence-electron chi connectivity index (χ4n) is 4.41. The number of rotatable bonds is 9. The van der Waals surface area contributed by atoms with Gasteiger partial charge in [-0.2, -0.15) is 0 Å². The molecule has 2 saturated heterocycles. The van der Waals surface area contributed by atoms with Gasteiger partial charge in [-0.05, 0) is 18.4 Å². The first-order valence-electron chi connectivity index (χ1n) is 13.2. The average molecular weight is 538 g/mol. The van der Waals surface area contributed by atoms with E-state index in [1.807, 2.05) is 41.3 Å². The SMILES string of the molecule is CC(=O)OCC(/C=C/c1ccccc1)N1CCN(c2ncc(C(=O)N(OC3CCCCO3)C(C)=O)cn2)CC1. The lowest BCUT2D eigenvalue weighted by Gasteiger charge is -2.38. The van der Waals surface area contributed by atoms with Crippen LogP contribution >= 0.6 is 0 Å². The van der Waals surface area contributed by atoms with Crippen molar-refractivity contribution in [3.8, 4) is 0 Å². The predicted molar refractivity (Wildman–Crippen MR) is 143 cm³/mol. The molecule has 2 unspecified atom stereocenters. The Bertz CT molecular complexity index is 1130. The van der Waals surface area contributed by atoms with Gasteiger partial charge in [0, 0.05) is 65.4 Å². The van der Waals surface area contributed by atoms with Crippen molar-refractivity contribution in [1.29, 1.82) is 0 Å².